The van der Waals surface area contributed by atoms with Gasteiger partial charge in [0, 0.05) is 0 Å². The molecule has 1 aromatic carbocycles. The van der Waals surface area contributed by atoms with Crippen molar-refractivity contribution in [2.45, 2.75) is 37.3 Å². The van der Waals surface area contributed by atoms with E-state index in [9.17, 15) is 31.4 Å². The molecule has 1 aliphatic carbocycles. The molecule has 0 spiro atoms. The van der Waals surface area contributed by atoms with Gasteiger partial charge in [0.1, 0.15) is 0 Å². The van der Waals surface area contributed by atoms with Gasteiger partial charge >= 0.3 is 12.4 Å². The summed E-state index contributed by atoms with van der Waals surface area (Å²) in [6.45, 7) is 0. The van der Waals surface area contributed by atoms with Gasteiger partial charge in [-0.1, -0.05) is 0 Å². The molecule has 126 valence electrons. The van der Waals surface area contributed by atoms with Gasteiger partial charge < -0.3 is 10.8 Å². The van der Waals surface area contributed by atoms with Crippen LogP contribution >= 0.6 is 12.4 Å². The smallest absolute Gasteiger partial charge is 0.391 e. The van der Waals surface area contributed by atoms with Crippen molar-refractivity contribution in [1.82, 2.24) is 0 Å². The van der Waals surface area contributed by atoms with Crippen molar-refractivity contribution >= 4 is 12.4 Å². The predicted octanol–water partition coefficient (Wildman–Crippen LogP) is 3.92. The molecule has 22 heavy (non-hydrogen) atoms. The third-order valence-corrected chi connectivity index (χ3v) is 3.52. The van der Waals surface area contributed by atoms with E-state index in [1.165, 1.54) is 0 Å². The topological polar surface area (TPSA) is 46.2 Å². The largest absolute Gasteiger partial charge is 0.416 e. The summed E-state index contributed by atoms with van der Waals surface area (Å²) in [6, 6.07) is -0.407. The molecule has 0 radical (unpaired) electrons. The molecule has 2 atom stereocenters. The Labute approximate surface area is 128 Å². The Morgan fingerprint density at radius 3 is 2.00 bits per heavy atom. The van der Waals surface area contributed by atoms with Crippen LogP contribution in [0.15, 0.2) is 18.2 Å². The summed E-state index contributed by atoms with van der Waals surface area (Å²) in [5.41, 5.74) is 2.38. The van der Waals surface area contributed by atoms with Crippen LogP contribution in [0.2, 0.25) is 0 Å². The normalized spacial score (nSPS) is 18.5. The minimum Gasteiger partial charge on any atom is -0.391 e. The molecular weight excluding hydrogens is 336 g/mol. The van der Waals surface area contributed by atoms with Gasteiger partial charge in [-0.2, -0.15) is 26.3 Å². The summed E-state index contributed by atoms with van der Waals surface area (Å²) >= 11 is 0. The first-order chi connectivity index (χ1) is 9.51. The monoisotopic (exact) mass is 349 g/mol. The van der Waals surface area contributed by atoms with Crippen LogP contribution < -0.4 is 5.73 Å². The fourth-order valence-corrected chi connectivity index (χ4v) is 2.19. The first-order valence-electron chi connectivity index (χ1n) is 6.24. The average Bonchev–Trinajstić information content (AvgIpc) is 3.18. The zero-order chi connectivity index (χ0) is 16.0. The van der Waals surface area contributed by atoms with E-state index in [0.29, 0.717) is 31.0 Å². The summed E-state index contributed by atoms with van der Waals surface area (Å²) < 4.78 is 76.6. The second-order valence-corrected chi connectivity index (χ2v) is 5.15. The first kappa shape index (κ1) is 19.1. The lowest BCUT2D eigenvalue weighted by molar-refractivity contribution is -0.142. The van der Waals surface area contributed by atoms with E-state index in [4.69, 9.17) is 5.73 Å². The molecule has 1 aromatic rings. The maximum absolute atomic E-state index is 12.9. The van der Waals surface area contributed by atoms with Gasteiger partial charge in [0.2, 0.25) is 0 Å². The van der Waals surface area contributed by atoms with Crippen LogP contribution in [0.25, 0.3) is 0 Å². The van der Waals surface area contributed by atoms with Gasteiger partial charge in [-0.15, -0.1) is 12.4 Å². The van der Waals surface area contributed by atoms with Crippen LogP contribution in [0.3, 0.4) is 0 Å². The average molecular weight is 350 g/mol. The van der Waals surface area contributed by atoms with Crippen molar-refractivity contribution in [2.75, 3.05) is 0 Å². The first-order valence-corrected chi connectivity index (χ1v) is 6.24. The Hall–Kier alpha value is -0.990. The highest BCUT2D eigenvalue weighted by molar-refractivity contribution is 5.85. The molecule has 0 amide bonds. The minimum absolute atomic E-state index is 0. The second-order valence-electron chi connectivity index (χ2n) is 5.15. The Morgan fingerprint density at radius 1 is 1.05 bits per heavy atom. The fraction of sp³-hybridized carbons (Fsp3) is 0.538. The van der Waals surface area contributed by atoms with E-state index < -0.39 is 41.2 Å². The summed E-state index contributed by atoms with van der Waals surface area (Å²) in [4.78, 5) is 0. The van der Waals surface area contributed by atoms with Gasteiger partial charge in [0.15, 0.2) is 0 Å². The van der Waals surface area contributed by atoms with Crippen LogP contribution in [-0.4, -0.2) is 11.2 Å². The Kier molecular flexibility index (Phi) is 5.42. The highest BCUT2D eigenvalue weighted by atomic mass is 35.5. The molecule has 0 saturated heterocycles. The van der Waals surface area contributed by atoms with Crippen LogP contribution in [0, 0.1) is 5.92 Å². The summed E-state index contributed by atoms with van der Waals surface area (Å²) in [6.07, 6.45) is -9.68. The van der Waals surface area contributed by atoms with E-state index >= 15 is 0 Å². The third-order valence-electron chi connectivity index (χ3n) is 3.52. The van der Waals surface area contributed by atoms with Crippen LogP contribution in [0.5, 0.6) is 0 Å². The number of aliphatic hydroxyl groups is 1. The van der Waals surface area contributed by atoms with E-state index in [1.807, 2.05) is 0 Å². The maximum Gasteiger partial charge on any atom is 0.416 e. The van der Waals surface area contributed by atoms with Gasteiger partial charge in [-0.25, -0.2) is 0 Å². The molecule has 2 rings (SSSR count). The third kappa shape index (κ3) is 4.05. The van der Waals surface area contributed by atoms with Gasteiger partial charge in [0.25, 0.3) is 0 Å². The molecule has 0 bridgehead atoms. The highest BCUT2D eigenvalue weighted by Gasteiger charge is 2.41. The summed E-state index contributed by atoms with van der Waals surface area (Å²) in [5, 5.41) is 9.82. The summed E-state index contributed by atoms with van der Waals surface area (Å²) in [7, 11) is 0. The lowest BCUT2D eigenvalue weighted by Crippen LogP contribution is -2.30. The molecular formula is C13H14ClF6NO. The lowest BCUT2D eigenvalue weighted by atomic mass is 9.92. The van der Waals surface area contributed by atoms with E-state index in [1.54, 1.807) is 0 Å². The molecule has 3 N–H and O–H groups in total. The zero-order valence-electron chi connectivity index (χ0n) is 11.1. The number of rotatable bonds is 3. The molecule has 0 aliphatic heterocycles. The molecule has 1 aliphatic rings. The van der Waals surface area contributed by atoms with Crippen LogP contribution in [0.4, 0.5) is 26.3 Å². The Balaban J connectivity index is 0.00000242. The number of aliphatic hydroxyl groups excluding tert-OH is 1. The number of hydrogen-bond donors (Lipinski definition) is 2. The molecule has 0 heterocycles. The second kappa shape index (κ2) is 6.25. The molecule has 1 saturated carbocycles. The predicted molar refractivity (Wildman–Crippen MR) is 69.4 cm³/mol. The Bertz CT molecular complexity index is 526. The molecule has 0 unspecified atom stereocenters. The van der Waals surface area contributed by atoms with Crippen molar-refractivity contribution in [3.8, 4) is 0 Å². The van der Waals surface area contributed by atoms with E-state index in [2.05, 4.69) is 0 Å². The quantitative estimate of drug-likeness (QED) is 0.813. The van der Waals surface area contributed by atoms with Crippen LogP contribution in [-0.2, 0) is 12.4 Å². The molecule has 1 fully saturated rings. The van der Waals surface area contributed by atoms with Gasteiger partial charge in [-0.3, -0.25) is 0 Å². The zero-order valence-corrected chi connectivity index (χ0v) is 11.9. The van der Waals surface area contributed by atoms with Gasteiger partial charge in [0.05, 0.1) is 23.3 Å². The highest BCUT2D eigenvalue weighted by Crippen LogP contribution is 2.42. The standard InChI is InChI=1S/C13H13F6NO.ClH/c14-12(15,16)7-3-4-9(13(17,18)19)8(5-7)10(20)11(21)6-1-2-6;/h3-6,10-11,21H,1-2,20H2;1H/t10-,11+;/m0./s1. The maximum atomic E-state index is 12.9. The minimum atomic E-state index is -4.83. The fourth-order valence-electron chi connectivity index (χ4n) is 2.19. The van der Waals surface area contributed by atoms with Crippen molar-refractivity contribution < 1.29 is 31.4 Å². The number of halogens is 7. The lowest BCUT2D eigenvalue weighted by Gasteiger charge is -2.24. The van der Waals surface area contributed by atoms with E-state index in [0.717, 1.165) is 0 Å². The molecule has 9 heteroatoms. The molecule has 2 nitrogen and oxygen atoms in total. The van der Waals surface area contributed by atoms with Crippen molar-refractivity contribution in [1.29, 1.82) is 0 Å². The van der Waals surface area contributed by atoms with Crippen LogP contribution in [0.1, 0.15) is 35.6 Å². The summed E-state index contributed by atoms with van der Waals surface area (Å²) in [5.74, 6) is -0.254. The number of alkyl halides is 6. The van der Waals surface area contributed by atoms with Crippen molar-refractivity contribution in [2.24, 2.45) is 11.7 Å². The Morgan fingerprint density at radius 2 is 1.59 bits per heavy atom. The van der Waals surface area contributed by atoms with Crippen molar-refractivity contribution in [3.05, 3.63) is 34.9 Å². The van der Waals surface area contributed by atoms with Crippen molar-refractivity contribution in [3.63, 3.8) is 0 Å². The SMILES string of the molecule is Cl.N[C@@H](c1cc(C(F)(F)F)ccc1C(F)(F)F)[C@H](O)C1CC1. The van der Waals surface area contributed by atoms with Gasteiger partial charge in [-0.05, 0) is 42.5 Å². The number of hydrogen-bond acceptors (Lipinski definition) is 2. The number of nitrogens with two attached hydrogens (primary N) is 1. The van der Waals surface area contributed by atoms with E-state index in [-0.39, 0.29) is 18.3 Å². The molecule has 0 aromatic heterocycles. The number of benzene rings is 1.